The maximum Gasteiger partial charge on any atom is 0.373 e. The zero-order chi connectivity index (χ0) is 37.9. The lowest BCUT2D eigenvalue weighted by molar-refractivity contribution is -0.161. The third-order valence-corrected chi connectivity index (χ3v) is 20.4. The van der Waals surface area contributed by atoms with Gasteiger partial charge in [0.15, 0.2) is 16.6 Å². The molecule has 9 heteroatoms. The van der Waals surface area contributed by atoms with Crippen molar-refractivity contribution in [2.45, 2.75) is 157 Å². The van der Waals surface area contributed by atoms with E-state index in [1.807, 2.05) is 32.9 Å². The Balaban J connectivity index is 3.85. The fraction of sp³-hybridized carbons (Fsp3) is 0.750. The lowest BCUT2D eigenvalue weighted by atomic mass is 9.85. The summed E-state index contributed by atoms with van der Waals surface area (Å²) in [6, 6.07) is 3.25. The largest absolute Gasteiger partial charge is 0.490 e. The predicted molar refractivity (Wildman–Crippen MR) is 209 cm³/mol. The number of rotatable bonds is 13. The summed E-state index contributed by atoms with van der Waals surface area (Å²) in [6.45, 7) is 31.8. The normalized spacial score (nSPS) is 29.6. The van der Waals surface area contributed by atoms with Crippen molar-refractivity contribution in [1.29, 1.82) is 0 Å². The van der Waals surface area contributed by atoms with Crippen LogP contribution < -0.4 is 0 Å². The number of ketones is 1. The number of carbonyl (C=O) groups is 2. The average Bonchev–Trinajstić information content (AvgIpc) is 3.02. The fourth-order valence-electron chi connectivity index (χ4n) is 6.59. The molecule has 0 aliphatic carbocycles. The van der Waals surface area contributed by atoms with Gasteiger partial charge in [-0.05, 0) is 81.4 Å². The molecule has 1 heterocycles. The Labute approximate surface area is 302 Å². The average molecular weight is 721 g/mol. The number of methoxy groups -OCH3 is 2. The molecule has 0 N–H and O–H groups in total. The Kier molecular flexibility index (Phi) is 18.2. The molecule has 0 unspecified atom stereocenters. The van der Waals surface area contributed by atoms with Crippen LogP contribution in [0.4, 0.5) is 0 Å². The van der Waals surface area contributed by atoms with E-state index in [1.165, 1.54) is 12.7 Å². The number of cyclic esters (lactones) is 1. The summed E-state index contributed by atoms with van der Waals surface area (Å²) in [7, 11) is -1.11. The Morgan fingerprint density at radius 2 is 1.61 bits per heavy atom. The third-order valence-electron chi connectivity index (χ3n) is 11.3. The highest BCUT2D eigenvalue weighted by atomic mass is 28.4. The number of Topliss-reactive ketones (excluding diaryl/α,β-unsaturated/α-hetero) is 1. The molecular weight excluding hydrogens is 649 g/mol. The highest BCUT2D eigenvalue weighted by molar-refractivity contribution is 6.74. The molecule has 0 aromatic rings. The molecule has 0 saturated heterocycles. The second-order valence-electron chi connectivity index (χ2n) is 16.1. The van der Waals surface area contributed by atoms with Crippen LogP contribution in [0, 0.1) is 23.7 Å². The molecule has 0 spiro atoms. The summed E-state index contributed by atoms with van der Waals surface area (Å²) in [5.74, 6) is -0.877. The van der Waals surface area contributed by atoms with Gasteiger partial charge < -0.3 is 23.1 Å². The van der Waals surface area contributed by atoms with Crippen LogP contribution in [0.3, 0.4) is 0 Å². The molecule has 1 aliphatic rings. The van der Waals surface area contributed by atoms with Gasteiger partial charge in [-0.15, -0.1) is 0 Å². The van der Waals surface area contributed by atoms with Gasteiger partial charge >= 0.3 is 5.97 Å². The Hall–Kier alpha value is -1.79. The molecule has 0 aromatic carbocycles. The van der Waals surface area contributed by atoms with Gasteiger partial charge in [0.05, 0.1) is 19.3 Å². The van der Waals surface area contributed by atoms with E-state index in [9.17, 15) is 9.59 Å². The lowest BCUT2D eigenvalue weighted by Crippen LogP contribution is -2.52. The summed E-state index contributed by atoms with van der Waals surface area (Å²) in [6.07, 6.45) is 9.05. The molecule has 1 rings (SSSR count). The van der Waals surface area contributed by atoms with E-state index in [2.05, 4.69) is 87.6 Å². The maximum absolute atomic E-state index is 13.9. The summed E-state index contributed by atoms with van der Waals surface area (Å²) in [4.78, 5) is 26.8. The van der Waals surface area contributed by atoms with Crippen molar-refractivity contribution in [3.8, 4) is 0 Å². The first-order valence-electron chi connectivity index (χ1n) is 18.5. The smallest absolute Gasteiger partial charge is 0.373 e. The zero-order valence-electron chi connectivity index (χ0n) is 34.2. The predicted octanol–water partition coefficient (Wildman–Crippen LogP) is 10.2. The van der Waals surface area contributed by atoms with Crippen LogP contribution in [0.1, 0.15) is 96.4 Å². The monoisotopic (exact) mass is 720 g/mol. The first kappa shape index (κ1) is 45.2. The molecule has 8 atom stereocenters. The van der Waals surface area contributed by atoms with Crippen LogP contribution in [0.5, 0.6) is 0 Å². The van der Waals surface area contributed by atoms with Crippen molar-refractivity contribution >= 4 is 28.4 Å². The van der Waals surface area contributed by atoms with Gasteiger partial charge in [-0.25, -0.2) is 4.79 Å². The van der Waals surface area contributed by atoms with Crippen LogP contribution >= 0.6 is 0 Å². The van der Waals surface area contributed by atoms with Gasteiger partial charge in [0, 0.05) is 18.9 Å². The van der Waals surface area contributed by atoms with E-state index in [-0.39, 0.29) is 40.4 Å². The molecular formula is C40H72O7Si2. The summed E-state index contributed by atoms with van der Waals surface area (Å²) < 4.78 is 32.1. The van der Waals surface area contributed by atoms with Gasteiger partial charge in [0.25, 0.3) is 0 Å². The van der Waals surface area contributed by atoms with E-state index in [0.717, 1.165) is 30.1 Å². The van der Waals surface area contributed by atoms with Crippen LogP contribution in [0.25, 0.3) is 0 Å². The van der Waals surface area contributed by atoms with Crippen LogP contribution in [-0.4, -0.2) is 67.0 Å². The highest BCUT2D eigenvalue weighted by Crippen LogP contribution is 2.40. The molecule has 282 valence electrons. The Morgan fingerprint density at radius 1 is 1.04 bits per heavy atom. The minimum atomic E-state index is -2.32. The SMILES string of the molecule is CC[Si](CC)(CC)O[C@@H]1[C@H](C)/C=C(C)/C=C(\OC)C(=O)O[C@H]([C@@H](C)[C@@H](O[Si](C)(C)C(C)(C)C)[C@H](C)C(C)=O)[C@@H](OC)/C=C/C=C(\C)C[C@@H]1C. The van der Waals surface area contributed by atoms with Crippen molar-refractivity contribution < 1.29 is 32.7 Å². The topological polar surface area (TPSA) is 80.3 Å². The first-order chi connectivity index (χ1) is 22.6. The van der Waals surface area contributed by atoms with Gasteiger partial charge in [-0.3, -0.25) is 4.79 Å². The molecule has 0 radical (unpaired) electrons. The van der Waals surface area contributed by atoms with Crippen LogP contribution in [0.15, 0.2) is 47.3 Å². The molecule has 7 nitrogen and oxygen atoms in total. The third kappa shape index (κ3) is 12.7. The minimum Gasteiger partial charge on any atom is -0.490 e. The first-order valence-corrected chi connectivity index (χ1v) is 24.0. The number of hydrogen-bond donors (Lipinski definition) is 0. The minimum absolute atomic E-state index is 0.0265. The fourth-order valence-corrected chi connectivity index (χ4v) is 11.1. The number of hydrogen-bond acceptors (Lipinski definition) is 7. The molecule has 49 heavy (non-hydrogen) atoms. The summed E-state index contributed by atoms with van der Waals surface area (Å²) >= 11 is 0. The molecule has 1 aliphatic heterocycles. The van der Waals surface area contributed by atoms with Gasteiger partial charge in [0.2, 0.25) is 5.76 Å². The Morgan fingerprint density at radius 3 is 2.08 bits per heavy atom. The number of esters is 1. The van der Waals surface area contributed by atoms with Crippen LogP contribution in [0.2, 0.25) is 36.3 Å². The zero-order valence-corrected chi connectivity index (χ0v) is 36.2. The second-order valence-corrected chi connectivity index (χ2v) is 25.5. The summed E-state index contributed by atoms with van der Waals surface area (Å²) in [5.41, 5.74) is 2.13. The summed E-state index contributed by atoms with van der Waals surface area (Å²) in [5, 5.41) is -0.0804. The quantitative estimate of drug-likeness (QED) is 0.138. The number of allylic oxidation sites excluding steroid dienone is 5. The van der Waals surface area contributed by atoms with E-state index < -0.39 is 46.8 Å². The molecule has 0 bridgehead atoms. The van der Waals surface area contributed by atoms with Crippen molar-refractivity contribution in [3.05, 3.63) is 47.3 Å². The molecule has 0 fully saturated rings. The number of ether oxygens (including phenoxy) is 3. The van der Waals surface area contributed by atoms with E-state index in [0.29, 0.717) is 0 Å². The van der Waals surface area contributed by atoms with Crippen molar-refractivity contribution in [2.24, 2.45) is 23.7 Å². The maximum atomic E-state index is 13.9. The standard InChI is InChI=1S/C40H72O7Si2/c1-18-49(19-2,20-3)47-36-29(6)24-27(4)22-21-23-34(43-14)38(45-39(42)35(44-15)26-28(5)25-30(36)7)32(9)37(31(8)33(10)41)46-48(16,17)40(11,12)13/h21-23,25-26,29-32,34,36-38H,18-20,24H2,1-17H3/b23-21+,27-22+,28-25+,35-26-/t29-,30+,31+,32-,34-,36-,37-,38+/m0/s1. The second kappa shape index (κ2) is 19.7. The van der Waals surface area contributed by atoms with E-state index in [4.69, 9.17) is 23.1 Å². The molecule has 0 saturated carbocycles. The molecule has 0 amide bonds. The lowest BCUT2D eigenvalue weighted by Gasteiger charge is -2.44. The van der Waals surface area contributed by atoms with Crippen LogP contribution in [-0.2, 0) is 32.7 Å². The van der Waals surface area contributed by atoms with Gasteiger partial charge in [-0.1, -0.05) is 105 Å². The van der Waals surface area contributed by atoms with Crippen molar-refractivity contribution in [3.63, 3.8) is 0 Å². The number of carbonyl (C=O) groups excluding carboxylic acids is 2. The van der Waals surface area contributed by atoms with E-state index >= 15 is 0 Å². The van der Waals surface area contributed by atoms with Crippen molar-refractivity contribution in [1.82, 2.24) is 0 Å². The van der Waals surface area contributed by atoms with Gasteiger partial charge in [-0.2, -0.15) is 0 Å². The highest BCUT2D eigenvalue weighted by Gasteiger charge is 2.45. The van der Waals surface area contributed by atoms with Gasteiger partial charge in [0.1, 0.15) is 18.0 Å². The van der Waals surface area contributed by atoms with Crippen molar-refractivity contribution in [2.75, 3.05) is 14.2 Å². The molecule has 0 aromatic heterocycles. The Bertz CT molecular complexity index is 1180. The van der Waals surface area contributed by atoms with E-state index in [1.54, 1.807) is 20.1 Å².